The van der Waals surface area contributed by atoms with Gasteiger partial charge in [-0.3, -0.25) is 14.4 Å². The first kappa shape index (κ1) is 21.3. The summed E-state index contributed by atoms with van der Waals surface area (Å²) in [6.07, 6.45) is 0. The number of carbonyl (C=O) groups is 3. The normalized spacial score (nSPS) is 13.9. The number of piperazine rings is 1. The molecule has 3 aromatic rings. The van der Waals surface area contributed by atoms with Crippen LogP contribution in [0.25, 0.3) is 0 Å². The van der Waals surface area contributed by atoms with Gasteiger partial charge in [-0.05, 0) is 42.3 Å². The average Bonchev–Trinajstić information content (AvgIpc) is 2.81. The summed E-state index contributed by atoms with van der Waals surface area (Å²) in [6.45, 7) is 3.74. The monoisotopic (exact) mass is 427 g/mol. The summed E-state index contributed by atoms with van der Waals surface area (Å²) < 4.78 is 0. The highest BCUT2D eigenvalue weighted by Gasteiger charge is 2.32. The topological polar surface area (TPSA) is 69.7 Å². The van der Waals surface area contributed by atoms with Gasteiger partial charge in [-0.25, -0.2) is 0 Å². The summed E-state index contributed by atoms with van der Waals surface area (Å²) in [5.41, 5.74) is 4.27. The summed E-state index contributed by atoms with van der Waals surface area (Å²) >= 11 is 0. The van der Waals surface area contributed by atoms with Gasteiger partial charge in [0.15, 0.2) is 0 Å². The van der Waals surface area contributed by atoms with Crippen LogP contribution in [0.4, 0.5) is 5.69 Å². The van der Waals surface area contributed by atoms with Gasteiger partial charge in [0.25, 0.3) is 5.91 Å². The van der Waals surface area contributed by atoms with Gasteiger partial charge in [-0.1, -0.05) is 60.2 Å². The van der Waals surface area contributed by atoms with Crippen LogP contribution < -0.4 is 5.32 Å². The summed E-state index contributed by atoms with van der Waals surface area (Å²) in [5, 5.41) is 2.87. The van der Waals surface area contributed by atoms with E-state index < -0.39 is 11.8 Å². The van der Waals surface area contributed by atoms with Crippen molar-refractivity contribution in [1.82, 2.24) is 9.80 Å². The van der Waals surface area contributed by atoms with Crippen LogP contribution in [-0.4, -0.2) is 40.6 Å². The van der Waals surface area contributed by atoms with Crippen molar-refractivity contribution in [2.24, 2.45) is 0 Å². The summed E-state index contributed by atoms with van der Waals surface area (Å²) in [7, 11) is 0. The Labute approximate surface area is 187 Å². The van der Waals surface area contributed by atoms with Crippen LogP contribution in [-0.2, 0) is 22.7 Å². The molecule has 1 saturated heterocycles. The molecule has 0 spiro atoms. The van der Waals surface area contributed by atoms with Crippen molar-refractivity contribution in [2.75, 3.05) is 18.4 Å². The van der Waals surface area contributed by atoms with Gasteiger partial charge < -0.3 is 15.1 Å². The van der Waals surface area contributed by atoms with Crippen molar-refractivity contribution in [3.05, 3.63) is 101 Å². The number of benzene rings is 3. The lowest BCUT2D eigenvalue weighted by Gasteiger charge is -2.33. The van der Waals surface area contributed by atoms with E-state index in [9.17, 15) is 14.4 Å². The van der Waals surface area contributed by atoms with Crippen LogP contribution >= 0.6 is 0 Å². The van der Waals surface area contributed by atoms with Gasteiger partial charge in [-0.15, -0.1) is 0 Å². The molecule has 6 heteroatoms. The minimum atomic E-state index is -0.492. The molecule has 1 aliphatic rings. The van der Waals surface area contributed by atoms with Crippen LogP contribution in [0.1, 0.15) is 27.0 Å². The Kier molecular flexibility index (Phi) is 6.31. The van der Waals surface area contributed by atoms with Gasteiger partial charge in [0.1, 0.15) is 0 Å². The number of amides is 3. The van der Waals surface area contributed by atoms with Gasteiger partial charge in [0.05, 0.1) is 0 Å². The van der Waals surface area contributed by atoms with E-state index in [4.69, 9.17) is 0 Å². The molecule has 0 radical (unpaired) electrons. The molecule has 0 bridgehead atoms. The van der Waals surface area contributed by atoms with Crippen molar-refractivity contribution in [3.8, 4) is 0 Å². The van der Waals surface area contributed by atoms with E-state index in [1.807, 2.05) is 73.7 Å². The maximum absolute atomic E-state index is 12.6. The predicted molar refractivity (Wildman–Crippen MR) is 123 cm³/mol. The van der Waals surface area contributed by atoms with E-state index in [1.54, 1.807) is 21.9 Å². The van der Waals surface area contributed by atoms with Crippen LogP contribution in [0.3, 0.4) is 0 Å². The Morgan fingerprint density at radius 3 is 1.84 bits per heavy atom. The standard InChI is InChI=1S/C26H25N3O3/c1-19-7-13-23(14-8-19)27-24(30)22-11-9-21(10-12-22)18-29-16-15-28(25(31)26(29)32)17-20-5-3-2-4-6-20/h2-14H,15-18H2,1H3,(H,27,30). The smallest absolute Gasteiger partial charge is 0.312 e. The van der Waals surface area contributed by atoms with E-state index in [-0.39, 0.29) is 5.91 Å². The SMILES string of the molecule is Cc1ccc(NC(=O)c2ccc(CN3CCN(Cc4ccccc4)C(=O)C3=O)cc2)cc1. The van der Waals surface area contributed by atoms with Crippen molar-refractivity contribution in [1.29, 1.82) is 0 Å². The second-order valence-corrected chi connectivity index (χ2v) is 7.96. The van der Waals surface area contributed by atoms with Crippen LogP contribution in [0.15, 0.2) is 78.9 Å². The molecule has 0 aromatic heterocycles. The largest absolute Gasteiger partial charge is 0.328 e. The van der Waals surface area contributed by atoms with Crippen molar-refractivity contribution < 1.29 is 14.4 Å². The number of hydrogen-bond donors (Lipinski definition) is 1. The number of rotatable bonds is 6. The van der Waals surface area contributed by atoms with Gasteiger partial charge in [0.2, 0.25) is 0 Å². The van der Waals surface area contributed by atoms with E-state index in [0.29, 0.717) is 31.7 Å². The first-order valence-electron chi connectivity index (χ1n) is 10.6. The maximum atomic E-state index is 12.6. The third kappa shape index (κ3) is 5.03. The lowest BCUT2D eigenvalue weighted by Crippen LogP contribution is -2.53. The molecule has 32 heavy (non-hydrogen) atoms. The number of aryl methyl sites for hydroxylation is 1. The Balaban J connectivity index is 1.34. The molecule has 3 aromatic carbocycles. The fourth-order valence-electron chi connectivity index (χ4n) is 3.64. The van der Waals surface area contributed by atoms with E-state index in [1.165, 1.54) is 0 Å². The second-order valence-electron chi connectivity index (χ2n) is 7.96. The van der Waals surface area contributed by atoms with E-state index in [2.05, 4.69) is 5.32 Å². The third-order valence-corrected chi connectivity index (χ3v) is 5.51. The first-order chi connectivity index (χ1) is 15.5. The second kappa shape index (κ2) is 9.47. The predicted octanol–water partition coefficient (Wildman–Crippen LogP) is 3.62. The molecule has 0 saturated carbocycles. The van der Waals surface area contributed by atoms with Crippen molar-refractivity contribution in [3.63, 3.8) is 0 Å². The minimum absolute atomic E-state index is 0.193. The van der Waals surface area contributed by atoms with E-state index >= 15 is 0 Å². The summed E-state index contributed by atoms with van der Waals surface area (Å²) in [6, 6.07) is 24.4. The summed E-state index contributed by atoms with van der Waals surface area (Å²) in [5.74, 6) is -1.16. The molecule has 3 amide bonds. The Morgan fingerprint density at radius 1 is 0.750 bits per heavy atom. The molecule has 1 fully saturated rings. The highest BCUT2D eigenvalue weighted by Crippen LogP contribution is 2.15. The number of nitrogens with zero attached hydrogens (tertiary/aromatic N) is 2. The van der Waals surface area contributed by atoms with Crippen LogP contribution in [0.2, 0.25) is 0 Å². The van der Waals surface area contributed by atoms with E-state index in [0.717, 1.165) is 22.4 Å². The zero-order valence-corrected chi connectivity index (χ0v) is 18.0. The van der Waals surface area contributed by atoms with Gasteiger partial charge in [-0.2, -0.15) is 0 Å². The minimum Gasteiger partial charge on any atom is -0.328 e. The lowest BCUT2D eigenvalue weighted by molar-refractivity contribution is -0.156. The Bertz CT molecular complexity index is 1110. The lowest BCUT2D eigenvalue weighted by atomic mass is 10.1. The van der Waals surface area contributed by atoms with Crippen LogP contribution in [0, 0.1) is 6.92 Å². The van der Waals surface area contributed by atoms with Crippen molar-refractivity contribution >= 4 is 23.4 Å². The quantitative estimate of drug-likeness (QED) is 0.611. The molecular formula is C26H25N3O3. The molecule has 1 N–H and O–H groups in total. The highest BCUT2D eigenvalue weighted by molar-refractivity contribution is 6.35. The van der Waals surface area contributed by atoms with Gasteiger partial charge >= 0.3 is 11.8 Å². The highest BCUT2D eigenvalue weighted by atomic mass is 16.2. The molecule has 4 rings (SSSR count). The molecule has 0 aliphatic carbocycles. The first-order valence-corrected chi connectivity index (χ1v) is 10.6. The summed E-state index contributed by atoms with van der Waals surface area (Å²) in [4.78, 5) is 40.8. The molecule has 0 unspecified atom stereocenters. The maximum Gasteiger partial charge on any atom is 0.312 e. The number of anilines is 1. The van der Waals surface area contributed by atoms with Crippen LogP contribution in [0.5, 0.6) is 0 Å². The zero-order chi connectivity index (χ0) is 22.5. The number of hydrogen-bond acceptors (Lipinski definition) is 3. The Morgan fingerprint density at radius 2 is 1.28 bits per heavy atom. The zero-order valence-electron chi connectivity index (χ0n) is 18.0. The Hall–Kier alpha value is -3.93. The average molecular weight is 428 g/mol. The molecule has 1 aliphatic heterocycles. The van der Waals surface area contributed by atoms with Crippen molar-refractivity contribution in [2.45, 2.75) is 20.0 Å². The molecular weight excluding hydrogens is 402 g/mol. The fraction of sp³-hybridized carbons (Fsp3) is 0.192. The molecule has 1 heterocycles. The van der Waals surface area contributed by atoms with Gasteiger partial charge in [0, 0.05) is 37.4 Å². The molecule has 6 nitrogen and oxygen atoms in total. The molecule has 0 atom stereocenters. The fourth-order valence-corrected chi connectivity index (χ4v) is 3.64. The third-order valence-electron chi connectivity index (χ3n) is 5.51. The molecule has 162 valence electrons. The number of nitrogens with one attached hydrogen (secondary N) is 1. The number of carbonyl (C=O) groups excluding carboxylic acids is 3.